The Balaban J connectivity index is 1.70. The lowest BCUT2D eigenvalue weighted by Crippen LogP contribution is -2.36. The fraction of sp³-hybridized carbons (Fsp3) is 0.917. The molecule has 0 heterocycles. The Bertz CT molecular complexity index is 253. The molecule has 2 rings (SSSR count). The molecule has 0 aromatic rings. The first-order valence-corrected chi connectivity index (χ1v) is 6.37. The van der Waals surface area contributed by atoms with Crippen molar-refractivity contribution >= 4 is 5.91 Å². The highest BCUT2D eigenvalue weighted by Crippen LogP contribution is 2.27. The second-order valence-corrected chi connectivity index (χ2v) is 4.92. The summed E-state index contributed by atoms with van der Waals surface area (Å²) in [6.07, 6.45) is 5.46. The zero-order valence-corrected chi connectivity index (χ0v) is 10.0. The zero-order valence-electron chi connectivity index (χ0n) is 10.0. The fourth-order valence-corrected chi connectivity index (χ4v) is 2.42. The van der Waals surface area contributed by atoms with E-state index in [1.54, 1.807) is 0 Å². The highest BCUT2D eigenvalue weighted by atomic mass is 16.5. The van der Waals surface area contributed by atoms with Gasteiger partial charge in [0.1, 0.15) is 6.61 Å². The summed E-state index contributed by atoms with van der Waals surface area (Å²) in [7, 11) is 0. The van der Waals surface area contributed by atoms with Gasteiger partial charge in [-0.3, -0.25) is 4.79 Å². The predicted molar refractivity (Wildman–Crippen MR) is 62.0 cm³/mol. The van der Waals surface area contributed by atoms with Gasteiger partial charge in [0.05, 0.1) is 6.10 Å². The molecule has 0 aromatic carbocycles. The largest absolute Gasteiger partial charge is 0.368 e. The molecule has 0 aliphatic heterocycles. The van der Waals surface area contributed by atoms with Crippen LogP contribution in [0.1, 0.15) is 39.0 Å². The van der Waals surface area contributed by atoms with Crippen LogP contribution in [0.4, 0.5) is 0 Å². The lowest BCUT2D eigenvalue weighted by atomic mass is 10.3. The van der Waals surface area contributed by atoms with E-state index in [-0.39, 0.29) is 24.7 Å². The van der Waals surface area contributed by atoms with E-state index in [0.29, 0.717) is 6.04 Å². The molecule has 0 spiro atoms. The van der Waals surface area contributed by atoms with Crippen LogP contribution in [0, 0.1) is 0 Å². The van der Waals surface area contributed by atoms with Gasteiger partial charge in [-0.05, 0) is 39.0 Å². The van der Waals surface area contributed by atoms with Crippen LogP contribution in [-0.2, 0) is 9.53 Å². The number of nitrogens with two attached hydrogens (primary N) is 1. The maximum Gasteiger partial charge on any atom is 0.248 e. The average Bonchev–Trinajstić information content (AvgIpc) is 3.00. The number of hydrogen-bond acceptors (Lipinski definition) is 3. The molecule has 2 aliphatic rings. The van der Waals surface area contributed by atoms with Gasteiger partial charge in [-0.2, -0.15) is 0 Å². The Morgan fingerprint density at radius 2 is 2.12 bits per heavy atom. The van der Waals surface area contributed by atoms with E-state index in [1.807, 2.05) is 11.8 Å². The second kappa shape index (κ2) is 5.15. The lowest BCUT2D eigenvalue weighted by Gasteiger charge is -2.21. The summed E-state index contributed by atoms with van der Waals surface area (Å²) in [4.78, 5) is 13.8. The molecular weight excluding hydrogens is 204 g/mol. The van der Waals surface area contributed by atoms with Crippen molar-refractivity contribution in [3.05, 3.63) is 0 Å². The maximum atomic E-state index is 11.9. The molecule has 0 bridgehead atoms. The Morgan fingerprint density at radius 3 is 2.62 bits per heavy atom. The summed E-state index contributed by atoms with van der Waals surface area (Å²) in [6.45, 7) is 3.07. The van der Waals surface area contributed by atoms with E-state index in [9.17, 15) is 4.79 Å². The van der Waals surface area contributed by atoms with Crippen molar-refractivity contribution in [3.63, 3.8) is 0 Å². The maximum absolute atomic E-state index is 11.9. The van der Waals surface area contributed by atoms with Gasteiger partial charge in [0, 0.05) is 18.6 Å². The summed E-state index contributed by atoms with van der Waals surface area (Å²) in [5.41, 5.74) is 5.80. The molecule has 2 N–H and O–H groups in total. The smallest absolute Gasteiger partial charge is 0.248 e. The Morgan fingerprint density at radius 1 is 1.38 bits per heavy atom. The highest BCUT2D eigenvalue weighted by molar-refractivity contribution is 5.78. The minimum Gasteiger partial charge on any atom is -0.368 e. The monoisotopic (exact) mass is 226 g/mol. The quantitative estimate of drug-likeness (QED) is 0.757. The fourth-order valence-electron chi connectivity index (χ4n) is 2.42. The molecule has 4 nitrogen and oxygen atoms in total. The van der Waals surface area contributed by atoms with E-state index in [2.05, 4.69) is 0 Å². The van der Waals surface area contributed by atoms with Crippen molar-refractivity contribution in [3.8, 4) is 0 Å². The minimum atomic E-state index is 0.144. The molecule has 2 aliphatic carbocycles. The topological polar surface area (TPSA) is 55.6 Å². The van der Waals surface area contributed by atoms with E-state index in [0.717, 1.165) is 38.6 Å². The molecule has 2 atom stereocenters. The van der Waals surface area contributed by atoms with Crippen LogP contribution in [0.15, 0.2) is 0 Å². The average molecular weight is 226 g/mol. The number of likely N-dealkylation sites (N-methyl/N-ethyl adjacent to an activating group) is 1. The van der Waals surface area contributed by atoms with Gasteiger partial charge >= 0.3 is 0 Å². The van der Waals surface area contributed by atoms with Gasteiger partial charge in [0.15, 0.2) is 0 Å². The summed E-state index contributed by atoms with van der Waals surface area (Å²) in [6, 6.07) is 0.762. The van der Waals surface area contributed by atoms with Crippen LogP contribution < -0.4 is 5.73 Å². The van der Waals surface area contributed by atoms with Crippen LogP contribution >= 0.6 is 0 Å². The Kier molecular flexibility index (Phi) is 3.82. The standard InChI is InChI=1S/C12H22N2O2/c1-2-14(10-4-5-10)12(15)8-16-11-6-3-9(13)7-11/h9-11H,2-8,13H2,1H3. The number of hydrogen-bond donors (Lipinski definition) is 1. The van der Waals surface area contributed by atoms with E-state index in [4.69, 9.17) is 10.5 Å². The van der Waals surface area contributed by atoms with E-state index in [1.165, 1.54) is 0 Å². The van der Waals surface area contributed by atoms with Crippen molar-refractivity contribution in [1.29, 1.82) is 0 Å². The van der Waals surface area contributed by atoms with Crippen LogP contribution in [-0.4, -0.2) is 42.1 Å². The molecule has 0 saturated heterocycles. The first kappa shape index (κ1) is 11.9. The van der Waals surface area contributed by atoms with E-state index < -0.39 is 0 Å². The minimum absolute atomic E-state index is 0.144. The second-order valence-electron chi connectivity index (χ2n) is 4.92. The number of carbonyl (C=O) groups is 1. The van der Waals surface area contributed by atoms with Gasteiger partial charge in [-0.1, -0.05) is 0 Å². The number of ether oxygens (including phenoxy) is 1. The number of rotatable bonds is 5. The van der Waals surface area contributed by atoms with Crippen LogP contribution in [0.25, 0.3) is 0 Å². The molecule has 2 fully saturated rings. The summed E-state index contributed by atoms with van der Waals surface area (Å²) < 4.78 is 5.62. The summed E-state index contributed by atoms with van der Waals surface area (Å²) in [5.74, 6) is 0.144. The Hall–Kier alpha value is -0.610. The zero-order chi connectivity index (χ0) is 11.5. The number of carbonyl (C=O) groups excluding carboxylic acids is 1. The first-order chi connectivity index (χ1) is 7.70. The molecule has 0 radical (unpaired) electrons. The molecule has 4 heteroatoms. The third kappa shape index (κ3) is 2.95. The van der Waals surface area contributed by atoms with Crippen molar-refractivity contribution in [2.45, 2.75) is 57.2 Å². The molecular formula is C12H22N2O2. The summed E-state index contributed by atoms with van der Waals surface area (Å²) in [5, 5.41) is 0. The number of nitrogens with zero attached hydrogens (tertiary/aromatic N) is 1. The van der Waals surface area contributed by atoms with Gasteiger partial charge in [0.25, 0.3) is 0 Å². The van der Waals surface area contributed by atoms with Gasteiger partial charge in [-0.15, -0.1) is 0 Å². The highest BCUT2D eigenvalue weighted by Gasteiger charge is 2.32. The number of amides is 1. The van der Waals surface area contributed by atoms with Crippen molar-refractivity contribution in [1.82, 2.24) is 4.90 Å². The third-order valence-corrected chi connectivity index (χ3v) is 3.52. The van der Waals surface area contributed by atoms with Crippen LogP contribution in [0.5, 0.6) is 0 Å². The molecule has 1 amide bonds. The molecule has 2 unspecified atom stereocenters. The SMILES string of the molecule is CCN(C(=O)COC1CCC(N)C1)C1CC1. The molecule has 16 heavy (non-hydrogen) atoms. The van der Waals surface area contributed by atoms with Gasteiger partial charge < -0.3 is 15.4 Å². The first-order valence-electron chi connectivity index (χ1n) is 6.37. The molecule has 2 saturated carbocycles. The third-order valence-electron chi connectivity index (χ3n) is 3.52. The molecule has 92 valence electrons. The Labute approximate surface area is 97.1 Å². The van der Waals surface area contributed by atoms with Crippen molar-refractivity contribution in [2.24, 2.45) is 5.73 Å². The van der Waals surface area contributed by atoms with Crippen LogP contribution in [0.2, 0.25) is 0 Å². The lowest BCUT2D eigenvalue weighted by molar-refractivity contribution is -0.138. The predicted octanol–water partition coefficient (Wildman–Crippen LogP) is 0.894. The van der Waals surface area contributed by atoms with Crippen molar-refractivity contribution in [2.75, 3.05) is 13.2 Å². The normalized spacial score (nSPS) is 29.4. The van der Waals surface area contributed by atoms with Crippen LogP contribution in [0.3, 0.4) is 0 Å². The molecule has 0 aromatic heterocycles. The summed E-state index contributed by atoms with van der Waals surface area (Å²) >= 11 is 0. The van der Waals surface area contributed by atoms with Crippen molar-refractivity contribution < 1.29 is 9.53 Å². The van der Waals surface area contributed by atoms with Gasteiger partial charge in [0.2, 0.25) is 5.91 Å². The van der Waals surface area contributed by atoms with E-state index >= 15 is 0 Å². The van der Waals surface area contributed by atoms with Gasteiger partial charge in [-0.25, -0.2) is 0 Å².